The number of halogens is 1. The Hall–Kier alpha value is -0.930. The van der Waals surface area contributed by atoms with Crippen molar-refractivity contribution in [1.29, 1.82) is 0 Å². The van der Waals surface area contributed by atoms with Crippen molar-refractivity contribution in [3.63, 3.8) is 0 Å². The molecule has 0 aromatic heterocycles. The van der Waals surface area contributed by atoms with Crippen LogP contribution in [0.15, 0.2) is 24.3 Å². The zero-order chi connectivity index (χ0) is 10.4. The highest BCUT2D eigenvalue weighted by atomic mass is 19.1. The van der Waals surface area contributed by atoms with Crippen LogP contribution in [0.5, 0.6) is 0 Å². The molecule has 0 aliphatic heterocycles. The maximum atomic E-state index is 12.8. The average molecular weight is 196 g/mol. The zero-order valence-electron chi connectivity index (χ0n) is 8.25. The molecule has 4 N–H and O–H groups in total. The quantitative estimate of drug-likeness (QED) is 0.707. The summed E-state index contributed by atoms with van der Waals surface area (Å²) in [6.45, 7) is 0.690. The van der Waals surface area contributed by atoms with Gasteiger partial charge < -0.3 is 11.5 Å². The Morgan fingerprint density at radius 1 is 1.29 bits per heavy atom. The summed E-state index contributed by atoms with van der Waals surface area (Å²) in [5.41, 5.74) is 12.1. The Balaban J connectivity index is 2.47. The molecule has 1 rings (SSSR count). The summed E-state index contributed by atoms with van der Waals surface area (Å²) < 4.78 is 12.8. The summed E-state index contributed by atoms with van der Waals surface area (Å²) in [5.74, 6) is -0.225. The van der Waals surface area contributed by atoms with E-state index in [2.05, 4.69) is 0 Å². The van der Waals surface area contributed by atoms with Crippen LogP contribution < -0.4 is 11.5 Å². The van der Waals surface area contributed by atoms with Crippen LogP contribution in [0.4, 0.5) is 4.39 Å². The molecule has 0 aliphatic carbocycles. The van der Waals surface area contributed by atoms with Crippen molar-refractivity contribution in [2.24, 2.45) is 11.5 Å². The second kappa shape index (κ2) is 5.73. The lowest BCUT2D eigenvalue weighted by Gasteiger charge is -2.11. The van der Waals surface area contributed by atoms with E-state index in [0.29, 0.717) is 6.54 Å². The highest BCUT2D eigenvalue weighted by Crippen LogP contribution is 2.17. The first-order valence-corrected chi connectivity index (χ1v) is 4.95. The molecule has 0 radical (unpaired) electrons. The van der Waals surface area contributed by atoms with E-state index in [1.165, 1.54) is 12.1 Å². The van der Waals surface area contributed by atoms with Gasteiger partial charge in [-0.05, 0) is 37.1 Å². The number of hydrogen-bond acceptors (Lipinski definition) is 2. The van der Waals surface area contributed by atoms with Crippen LogP contribution in [-0.2, 0) is 0 Å². The lowest BCUT2D eigenvalue weighted by Crippen LogP contribution is -2.11. The molecule has 0 saturated heterocycles. The summed E-state index contributed by atoms with van der Waals surface area (Å²) in [7, 11) is 0. The number of unbranched alkanes of at least 4 members (excludes halogenated alkanes) is 1. The maximum Gasteiger partial charge on any atom is 0.123 e. The van der Waals surface area contributed by atoms with Crippen molar-refractivity contribution in [2.75, 3.05) is 6.54 Å². The fourth-order valence-corrected chi connectivity index (χ4v) is 1.41. The van der Waals surface area contributed by atoms with Gasteiger partial charge in [0.2, 0.25) is 0 Å². The van der Waals surface area contributed by atoms with Gasteiger partial charge in [-0.2, -0.15) is 0 Å². The van der Waals surface area contributed by atoms with E-state index in [1.807, 2.05) is 6.07 Å². The third-order valence-electron chi connectivity index (χ3n) is 2.25. The van der Waals surface area contributed by atoms with Gasteiger partial charge in [0, 0.05) is 6.04 Å². The smallest absolute Gasteiger partial charge is 0.123 e. The summed E-state index contributed by atoms with van der Waals surface area (Å²) in [6, 6.07) is 6.39. The topological polar surface area (TPSA) is 52.0 Å². The second-order valence-corrected chi connectivity index (χ2v) is 3.45. The van der Waals surface area contributed by atoms with Gasteiger partial charge >= 0.3 is 0 Å². The Morgan fingerprint density at radius 2 is 2.07 bits per heavy atom. The van der Waals surface area contributed by atoms with Crippen LogP contribution in [0, 0.1) is 5.82 Å². The van der Waals surface area contributed by atoms with Gasteiger partial charge in [0.05, 0.1) is 0 Å². The first-order chi connectivity index (χ1) is 6.74. The fraction of sp³-hybridized carbons (Fsp3) is 0.455. The van der Waals surface area contributed by atoms with E-state index >= 15 is 0 Å². The number of benzene rings is 1. The van der Waals surface area contributed by atoms with Crippen molar-refractivity contribution in [3.05, 3.63) is 35.6 Å². The van der Waals surface area contributed by atoms with E-state index in [-0.39, 0.29) is 11.9 Å². The van der Waals surface area contributed by atoms with Gasteiger partial charge in [0.1, 0.15) is 5.82 Å². The molecular formula is C11H17FN2. The summed E-state index contributed by atoms with van der Waals surface area (Å²) in [5, 5.41) is 0. The molecule has 1 aromatic rings. The molecule has 0 saturated carbocycles. The van der Waals surface area contributed by atoms with Crippen LogP contribution >= 0.6 is 0 Å². The second-order valence-electron chi connectivity index (χ2n) is 3.45. The molecule has 14 heavy (non-hydrogen) atoms. The van der Waals surface area contributed by atoms with E-state index in [1.54, 1.807) is 6.07 Å². The van der Waals surface area contributed by atoms with E-state index in [0.717, 1.165) is 24.8 Å². The number of rotatable bonds is 5. The summed E-state index contributed by atoms with van der Waals surface area (Å²) in [4.78, 5) is 0. The molecule has 0 fully saturated rings. The number of hydrogen-bond donors (Lipinski definition) is 2. The van der Waals surface area contributed by atoms with E-state index in [9.17, 15) is 4.39 Å². The zero-order valence-corrected chi connectivity index (χ0v) is 8.25. The molecule has 0 spiro atoms. The molecule has 78 valence electrons. The minimum absolute atomic E-state index is 0.0720. The van der Waals surface area contributed by atoms with Crippen molar-refractivity contribution < 1.29 is 4.39 Å². The molecule has 0 bridgehead atoms. The third kappa shape index (κ3) is 3.44. The van der Waals surface area contributed by atoms with Crippen LogP contribution in [-0.4, -0.2) is 6.54 Å². The maximum absolute atomic E-state index is 12.8. The van der Waals surface area contributed by atoms with Gasteiger partial charge in [0.15, 0.2) is 0 Å². The lowest BCUT2D eigenvalue weighted by molar-refractivity contribution is 0.580. The lowest BCUT2D eigenvalue weighted by atomic mass is 10.0. The number of nitrogens with two attached hydrogens (primary N) is 2. The summed E-state index contributed by atoms with van der Waals surface area (Å²) in [6.07, 6.45) is 2.83. The average Bonchev–Trinajstić information content (AvgIpc) is 2.18. The van der Waals surface area contributed by atoms with E-state index in [4.69, 9.17) is 11.5 Å². The van der Waals surface area contributed by atoms with Gasteiger partial charge in [-0.3, -0.25) is 0 Å². The standard InChI is InChI=1S/C11H17FN2/c12-10-5-3-4-9(8-10)11(14)6-1-2-7-13/h3-5,8,11H,1-2,6-7,13-14H2/t11-/m1/s1. The normalized spacial score (nSPS) is 12.8. The first kappa shape index (κ1) is 11.1. The summed E-state index contributed by atoms with van der Waals surface area (Å²) >= 11 is 0. The molecule has 1 atom stereocenters. The largest absolute Gasteiger partial charge is 0.330 e. The minimum Gasteiger partial charge on any atom is -0.330 e. The predicted molar refractivity (Wildman–Crippen MR) is 56.2 cm³/mol. The van der Waals surface area contributed by atoms with Crippen molar-refractivity contribution in [3.8, 4) is 0 Å². The van der Waals surface area contributed by atoms with Crippen LogP contribution in [0.1, 0.15) is 30.9 Å². The Morgan fingerprint density at radius 3 is 2.71 bits per heavy atom. The van der Waals surface area contributed by atoms with Gasteiger partial charge in [-0.15, -0.1) is 0 Å². The third-order valence-corrected chi connectivity index (χ3v) is 2.25. The Labute approximate surface area is 84.1 Å². The van der Waals surface area contributed by atoms with Crippen molar-refractivity contribution in [1.82, 2.24) is 0 Å². The van der Waals surface area contributed by atoms with Gasteiger partial charge in [-0.1, -0.05) is 18.6 Å². The molecule has 1 aromatic carbocycles. The van der Waals surface area contributed by atoms with Crippen molar-refractivity contribution in [2.45, 2.75) is 25.3 Å². The van der Waals surface area contributed by atoms with E-state index < -0.39 is 0 Å². The van der Waals surface area contributed by atoms with Crippen LogP contribution in [0.3, 0.4) is 0 Å². The highest BCUT2D eigenvalue weighted by Gasteiger charge is 2.05. The predicted octanol–water partition coefficient (Wildman–Crippen LogP) is 1.95. The van der Waals surface area contributed by atoms with Crippen LogP contribution in [0.2, 0.25) is 0 Å². The molecule has 0 heterocycles. The molecular weight excluding hydrogens is 179 g/mol. The SMILES string of the molecule is NCCCC[C@@H](N)c1cccc(F)c1. The molecule has 3 heteroatoms. The monoisotopic (exact) mass is 196 g/mol. The molecule has 2 nitrogen and oxygen atoms in total. The Bertz CT molecular complexity index is 276. The highest BCUT2D eigenvalue weighted by molar-refractivity contribution is 5.19. The van der Waals surface area contributed by atoms with Crippen LogP contribution in [0.25, 0.3) is 0 Å². The Kier molecular flexibility index (Phi) is 4.56. The minimum atomic E-state index is -0.225. The molecule has 0 unspecified atom stereocenters. The fourth-order valence-electron chi connectivity index (χ4n) is 1.41. The molecule has 0 aliphatic rings. The first-order valence-electron chi connectivity index (χ1n) is 4.95. The van der Waals surface area contributed by atoms with Gasteiger partial charge in [-0.25, -0.2) is 4.39 Å². The molecule has 0 amide bonds. The van der Waals surface area contributed by atoms with Crippen molar-refractivity contribution >= 4 is 0 Å². The van der Waals surface area contributed by atoms with Gasteiger partial charge in [0.25, 0.3) is 0 Å².